The lowest BCUT2D eigenvalue weighted by atomic mass is 10.3. The molecule has 0 saturated carbocycles. The molecule has 0 aliphatic rings. The predicted octanol–water partition coefficient (Wildman–Crippen LogP) is 1.76. The van der Waals surface area contributed by atoms with Crippen molar-refractivity contribution in [1.82, 2.24) is 0 Å². The standard InChI is InChI=1S/C8H7ClFNO4/c9-6-3-5(11(13)14)4-7(8(6)10)15-2-1-12/h3-4,12H,1-2H2. The highest BCUT2D eigenvalue weighted by Crippen LogP contribution is 2.30. The highest BCUT2D eigenvalue weighted by molar-refractivity contribution is 6.31. The summed E-state index contributed by atoms with van der Waals surface area (Å²) in [7, 11) is 0. The third-order valence-electron chi connectivity index (χ3n) is 1.54. The summed E-state index contributed by atoms with van der Waals surface area (Å²) in [5, 5.41) is 18.5. The van der Waals surface area contributed by atoms with Gasteiger partial charge in [-0.25, -0.2) is 4.39 Å². The first-order valence-electron chi connectivity index (χ1n) is 3.93. The van der Waals surface area contributed by atoms with Crippen molar-refractivity contribution in [3.8, 4) is 5.75 Å². The lowest BCUT2D eigenvalue weighted by Gasteiger charge is -2.06. The minimum Gasteiger partial charge on any atom is -0.488 e. The Balaban J connectivity index is 3.07. The Kier molecular flexibility index (Phi) is 3.81. The highest BCUT2D eigenvalue weighted by atomic mass is 35.5. The minimum atomic E-state index is -0.879. The molecular formula is C8H7ClFNO4. The number of rotatable bonds is 4. The first kappa shape index (κ1) is 11.7. The topological polar surface area (TPSA) is 72.6 Å². The monoisotopic (exact) mass is 235 g/mol. The van der Waals surface area contributed by atoms with Gasteiger partial charge in [-0.05, 0) is 0 Å². The molecular weight excluding hydrogens is 229 g/mol. The molecule has 0 aliphatic heterocycles. The van der Waals surface area contributed by atoms with Gasteiger partial charge in [0.05, 0.1) is 22.6 Å². The number of aliphatic hydroxyl groups is 1. The third kappa shape index (κ3) is 2.77. The molecule has 0 radical (unpaired) electrons. The normalized spacial score (nSPS) is 10.1. The van der Waals surface area contributed by atoms with Crippen LogP contribution in [0.2, 0.25) is 5.02 Å². The molecule has 0 spiro atoms. The van der Waals surface area contributed by atoms with Crippen LogP contribution in [0.1, 0.15) is 0 Å². The number of nitrogens with zero attached hydrogens (tertiary/aromatic N) is 1. The van der Waals surface area contributed by atoms with Crippen LogP contribution in [-0.4, -0.2) is 23.2 Å². The molecule has 0 saturated heterocycles. The van der Waals surface area contributed by atoms with E-state index in [1.807, 2.05) is 0 Å². The number of benzene rings is 1. The van der Waals surface area contributed by atoms with Crippen molar-refractivity contribution in [2.75, 3.05) is 13.2 Å². The Bertz CT molecular complexity index is 385. The Labute approximate surface area is 89.2 Å². The highest BCUT2D eigenvalue weighted by Gasteiger charge is 2.16. The van der Waals surface area contributed by atoms with Crippen LogP contribution in [0.15, 0.2) is 12.1 Å². The lowest BCUT2D eigenvalue weighted by molar-refractivity contribution is -0.385. The van der Waals surface area contributed by atoms with E-state index in [0.717, 1.165) is 12.1 Å². The van der Waals surface area contributed by atoms with Crippen LogP contribution in [0.3, 0.4) is 0 Å². The smallest absolute Gasteiger partial charge is 0.274 e. The van der Waals surface area contributed by atoms with Crippen molar-refractivity contribution in [3.63, 3.8) is 0 Å². The van der Waals surface area contributed by atoms with Crippen molar-refractivity contribution in [1.29, 1.82) is 0 Å². The number of ether oxygens (including phenoxy) is 1. The summed E-state index contributed by atoms with van der Waals surface area (Å²) in [5.41, 5.74) is -0.366. The summed E-state index contributed by atoms with van der Waals surface area (Å²) in [5.74, 6) is -1.22. The molecule has 0 aliphatic carbocycles. The van der Waals surface area contributed by atoms with E-state index in [2.05, 4.69) is 0 Å². The van der Waals surface area contributed by atoms with Gasteiger partial charge in [-0.2, -0.15) is 0 Å². The summed E-state index contributed by atoms with van der Waals surface area (Å²) >= 11 is 5.42. The molecule has 0 unspecified atom stereocenters. The molecule has 1 N–H and O–H groups in total. The van der Waals surface area contributed by atoms with E-state index in [0.29, 0.717) is 0 Å². The number of aliphatic hydroxyl groups excluding tert-OH is 1. The first-order valence-corrected chi connectivity index (χ1v) is 4.31. The van der Waals surface area contributed by atoms with E-state index >= 15 is 0 Å². The predicted molar refractivity (Wildman–Crippen MR) is 50.6 cm³/mol. The fourth-order valence-corrected chi connectivity index (χ4v) is 1.12. The van der Waals surface area contributed by atoms with Gasteiger partial charge in [0, 0.05) is 6.07 Å². The molecule has 82 valence electrons. The Morgan fingerprint density at radius 3 is 2.80 bits per heavy atom. The Hall–Kier alpha value is -1.40. The molecule has 1 aromatic carbocycles. The number of nitro benzene ring substituents is 1. The Morgan fingerprint density at radius 1 is 1.60 bits per heavy atom. The van der Waals surface area contributed by atoms with Crippen LogP contribution >= 0.6 is 11.6 Å². The largest absolute Gasteiger partial charge is 0.488 e. The fourth-order valence-electron chi connectivity index (χ4n) is 0.916. The van der Waals surface area contributed by atoms with Crippen molar-refractivity contribution in [2.45, 2.75) is 0 Å². The second-order valence-corrected chi connectivity index (χ2v) is 2.98. The number of halogens is 2. The summed E-state index contributed by atoms with van der Waals surface area (Å²) in [6.07, 6.45) is 0. The molecule has 15 heavy (non-hydrogen) atoms. The van der Waals surface area contributed by atoms with Crippen LogP contribution in [-0.2, 0) is 0 Å². The van der Waals surface area contributed by atoms with E-state index in [4.69, 9.17) is 21.4 Å². The van der Waals surface area contributed by atoms with Crippen LogP contribution in [0, 0.1) is 15.9 Å². The van der Waals surface area contributed by atoms with E-state index in [-0.39, 0.29) is 24.7 Å². The SMILES string of the molecule is O=[N+]([O-])c1cc(Cl)c(F)c(OCCO)c1. The van der Waals surface area contributed by atoms with E-state index in [1.54, 1.807) is 0 Å². The summed E-state index contributed by atoms with van der Waals surface area (Å²) < 4.78 is 18.0. The van der Waals surface area contributed by atoms with Gasteiger partial charge >= 0.3 is 0 Å². The van der Waals surface area contributed by atoms with Crippen LogP contribution < -0.4 is 4.74 Å². The van der Waals surface area contributed by atoms with Gasteiger partial charge in [0.25, 0.3) is 5.69 Å². The molecule has 1 aromatic rings. The van der Waals surface area contributed by atoms with Crippen LogP contribution in [0.5, 0.6) is 5.75 Å². The van der Waals surface area contributed by atoms with Crippen molar-refractivity contribution in [2.24, 2.45) is 0 Å². The molecule has 0 aromatic heterocycles. The van der Waals surface area contributed by atoms with Crippen LogP contribution in [0.4, 0.5) is 10.1 Å². The number of hydrogen-bond donors (Lipinski definition) is 1. The maximum Gasteiger partial charge on any atom is 0.274 e. The van der Waals surface area contributed by atoms with E-state index < -0.39 is 15.8 Å². The molecule has 0 amide bonds. The minimum absolute atomic E-state index is 0.158. The van der Waals surface area contributed by atoms with E-state index in [1.165, 1.54) is 0 Å². The van der Waals surface area contributed by atoms with Crippen molar-refractivity contribution < 1.29 is 19.2 Å². The molecule has 5 nitrogen and oxygen atoms in total. The zero-order valence-electron chi connectivity index (χ0n) is 7.44. The lowest BCUT2D eigenvalue weighted by Crippen LogP contribution is -2.04. The summed E-state index contributed by atoms with van der Waals surface area (Å²) in [6, 6.07) is 1.81. The van der Waals surface area contributed by atoms with Gasteiger partial charge in [-0.3, -0.25) is 10.1 Å². The summed E-state index contributed by atoms with van der Waals surface area (Å²) in [4.78, 5) is 9.70. The first-order chi connectivity index (χ1) is 7.06. The molecule has 7 heteroatoms. The average Bonchev–Trinajstić information content (AvgIpc) is 2.19. The fraction of sp³-hybridized carbons (Fsp3) is 0.250. The van der Waals surface area contributed by atoms with Crippen LogP contribution in [0.25, 0.3) is 0 Å². The number of hydrogen-bond acceptors (Lipinski definition) is 4. The Morgan fingerprint density at radius 2 is 2.27 bits per heavy atom. The molecule has 1 rings (SSSR count). The van der Waals surface area contributed by atoms with Gasteiger partial charge < -0.3 is 9.84 Å². The van der Waals surface area contributed by atoms with Crippen molar-refractivity contribution >= 4 is 17.3 Å². The maximum absolute atomic E-state index is 13.2. The van der Waals surface area contributed by atoms with Crippen molar-refractivity contribution in [3.05, 3.63) is 33.1 Å². The quantitative estimate of drug-likeness (QED) is 0.638. The van der Waals surface area contributed by atoms with Gasteiger partial charge in [0.2, 0.25) is 0 Å². The summed E-state index contributed by atoms with van der Waals surface area (Å²) in [6.45, 7) is -0.478. The molecule has 0 atom stereocenters. The average molecular weight is 236 g/mol. The van der Waals surface area contributed by atoms with Gasteiger partial charge in [-0.1, -0.05) is 11.6 Å². The third-order valence-corrected chi connectivity index (χ3v) is 1.81. The second-order valence-electron chi connectivity index (χ2n) is 2.57. The van der Waals surface area contributed by atoms with Gasteiger partial charge in [0.15, 0.2) is 11.6 Å². The van der Waals surface area contributed by atoms with Gasteiger partial charge in [0.1, 0.15) is 6.61 Å². The van der Waals surface area contributed by atoms with Gasteiger partial charge in [-0.15, -0.1) is 0 Å². The second kappa shape index (κ2) is 4.90. The number of non-ortho nitro benzene ring substituents is 1. The zero-order chi connectivity index (χ0) is 11.4. The molecule has 0 bridgehead atoms. The zero-order valence-corrected chi connectivity index (χ0v) is 8.20. The number of nitro groups is 1. The molecule has 0 fully saturated rings. The van der Waals surface area contributed by atoms with E-state index in [9.17, 15) is 14.5 Å². The molecule has 0 heterocycles. The maximum atomic E-state index is 13.2.